The molecule has 132 valence electrons. The Bertz CT molecular complexity index is 1050. The summed E-state index contributed by atoms with van der Waals surface area (Å²) in [6.07, 6.45) is 1.89. The Labute approximate surface area is 145 Å². The molecule has 9 heteroatoms. The number of nitrogens with one attached hydrogen (secondary N) is 1. The standard InChI is InChI=1S/C16H19N5O3S/c1-19(2)25(23,24)17-10-12-21-16(22)8-7-15(18-21)20-11-9-13-5-3-4-6-14(13)20/h3-9,11,17H,10,12H2,1-2H3. The van der Waals surface area contributed by atoms with Crippen LogP contribution in [0.4, 0.5) is 0 Å². The monoisotopic (exact) mass is 361 g/mol. The quantitative estimate of drug-likeness (QED) is 0.696. The molecule has 0 radical (unpaired) electrons. The summed E-state index contributed by atoms with van der Waals surface area (Å²) in [6, 6.07) is 12.9. The molecule has 0 aliphatic carbocycles. The van der Waals surface area contributed by atoms with Crippen molar-refractivity contribution >= 4 is 21.1 Å². The smallest absolute Gasteiger partial charge is 0.278 e. The van der Waals surface area contributed by atoms with Gasteiger partial charge in [0.25, 0.3) is 15.8 Å². The third-order valence-corrected chi connectivity index (χ3v) is 5.32. The lowest BCUT2D eigenvalue weighted by Crippen LogP contribution is -2.38. The molecule has 0 saturated carbocycles. The van der Waals surface area contributed by atoms with Crippen molar-refractivity contribution in [3.05, 3.63) is 59.0 Å². The zero-order valence-corrected chi connectivity index (χ0v) is 14.8. The molecule has 1 N–H and O–H groups in total. The third-order valence-electron chi connectivity index (χ3n) is 3.79. The first kappa shape index (κ1) is 17.3. The maximum absolute atomic E-state index is 12.0. The van der Waals surface area contributed by atoms with Gasteiger partial charge < -0.3 is 0 Å². The molecular formula is C16H19N5O3S. The van der Waals surface area contributed by atoms with Crippen molar-refractivity contribution < 1.29 is 8.42 Å². The number of hydrogen-bond donors (Lipinski definition) is 1. The molecule has 0 bridgehead atoms. The molecule has 0 saturated heterocycles. The van der Waals surface area contributed by atoms with Crippen LogP contribution >= 0.6 is 0 Å². The molecule has 25 heavy (non-hydrogen) atoms. The van der Waals surface area contributed by atoms with Crippen LogP contribution in [0, 0.1) is 0 Å². The summed E-state index contributed by atoms with van der Waals surface area (Å²) < 4.78 is 30.0. The first-order valence-corrected chi connectivity index (χ1v) is 9.14. The molecule has 0 unspecified atom stereocenters. The molecule has 0 atom stereocenters. The number of hydrogen-bond acceptors (Lipinski definition) is 4. The van der Waals surface area contributed by atoms with E-state index in [1.165, 1.54) is 24.8 Å². The predicted molar refractivity (Wildman–Crippen MR) is 95.9 cm³/mol. The predicted octanol–water partition coefficient (Wildman–Crippen LogP) is 0.583. The minimum atomic E-state index is -3.53. The fraction of sp³-hybridized carbons (Fsp3) is 0.250. The highest BCUT2D eigenvalue weighted by Gasteiger charge is 2.12. The van der Waals surface area contributed by atoms with Gasteiger partial charge in [-0.25, -0.2) is 9.40 Å². The van der Waals surface area contributed by atoms with Gasteiger partial charge >= 0.3 is 0 Å². The van der Waals surface area contributed by atoms with Gasteiger partial charge in [0.15, 0.2) is 5.82 Å². The van der Waals surface area contributed by atoms with Crippen molar-refractivity contribution in [1.29, 1.82) is 0 Å². The molecule has 2 aromatic heterocycles. The van der Waals surface area contributed by atoms with E-state index in [1.807, 2.05) is 41.1 Å². The van der Waals surface area contributed by atoms with Crippen molar-refractivity contribution in [3.63, 3.8) is 0 Å². The Balaban J connectivity index is 1.85. The highest BCUT2D eigenvalue weighted by molar-refractivity contribution is 7.87. The summed E-state index contributed by atoms with van der Waals surface area (Å²) in [6.45, 7) is 0.211. The van der Waals surface area contributed by atoms with Crippen molar-refractivity contribution in [2.45, 2.75) is 6.54 Å². The van der Waals surface area contributed by atoms with E-state index in [0.29, 0.717) is 5.82 Å². The van der Waals surface area contributed by atoms with Crippen LogP contribution in [-0.4, -0.2) is 47.7 Å². The topological polar surface area (TPSA) is 89.2 Å². The van der Waals surface area contributed by atoms with Crippen LogP contribution in [0.1, 0.15) is 0 Å². The van der Waals surface area contributed by atoms with Crippen LogP contribution < -0.4 is 10.3 Å². The van der Waals surface area contributed by atoms with Crippen LogP contribution in [0.3, 0.4) is 0 Å². The SMILES string of the molecule is CN(C)S(=O)(=O)NCCn1nc(-n2ccc3ccccc32)ccc1=O. The fourth-order valence-corrected chi connectivity index (χ4v) is 3.03. The van der Waals surface area contributed by atoms with Crippen LogP contribution in [0.5, 0.6) is 0 Å². The van der Waals surface area contributed by atoms with Gasteiger partial charge in [-0.1, -0.05) is 18.2 Å². The molecule has 3 rings (SSSR count). The Morgan fingerprint density at radius 2 is 1.88 bits per heavy atom. The molecule has 1 aromatic carbocycles. The van der Waals surface area contributed by atoms with Gasteiger partial charge in [0.2, 0.25) is 0 Å². The van der Waals surface area contributed by atoms with Crippen molar-refractivity contribution in [3.8, 4) is 5.82 Å². The summed E-state index contributed by atoms with van der Waals surface area (Å²) >= 11 is 0. The number of para-hydroxylation sites is 1. The molecule has 0 amide bonds. The van der Waals surface area contributed by atoms with Crippen molar-refractivity contribution in [1.82, 2.24) is 23.4 Å². The summed E-state index contributed by atoms with van der Waals surface area (Å²) in [7, 11) is -0.658. The number of benzene rings is 1. The van der Waals surface area contributed by atoms with Gasteiger partial charge in [-0.2, -0.15) is 17.8 Å². The molecular weight excluding hydrogens is 342 g/mol. The van der Waals surface area contributed by atoms with Gasteiger partial charge in [0.1, 0.15) is 0 Å². The lowest BCUT2D eigenvalue weighted by atomic mass is 10.2. The first-order valence-electron chi connectivity index (χ1n) is 7.70. The summed E-state index contributed by atoms with van der Waals surface area (Å²) in [5.74, 6) is 0.594. The Morgan fingerprint density at radius 3 is 2.64 bits per heavy atom. The van der Waals surface area contributed by atoms with E-state index in [1.54, 1.807) is 6.07 Å². The molecule has 0 aliphatic heterocycles. The Hall–Kier alpha value is -2.49. The zero-order valence-electron chi connectivity index (χ0n) is 14.0. The Morgan fingerprint density at radius 1 is 1.12 bits per heavy atom. The lowest BCUT2D eigenvalue weighted by Gasteiger charge is -2.13. The second-order valence-electron chi connectivity index (χ2n) is 5.68. The van der Waals surface area contributed by atoms with E-state index < -0.39 is 10.2 Å². The maximum Gasteiger partial charge on any atom is 0.278 e. The van der Waals surface area contributed by atoms with Gasteiger partial charge in [-0.05, 0) is 23.6 Å². The highest BCUT2D eigenvalue weighted by atomic mass is 32.2. The molecule has 0 fully saturated rings. The van der Waals surface area contributed by atoms with Crippen molar-refractivity contribution in [2.75, 3.05) is 20.6 Å². The maximum atomic E-state index is 12.0. The normalized spacial score (nSPS) is 12.1. The fourth-order valence-electron chi connectivity index (χ4n) is 2.42. The zero-order chi connectivity index (χ0) is 18.0. The molecule has 2 heterocycles. The van der Waals surface area contributed by atoms with E-state index in [2.05, 4.69) is 9.82 Å². The molecule has 3 aromatic rings. The van der Waals surface area contributed by atoms with E-state index >= 15 is 0 Å². The van der Waals surface area contributed by atoms with Gasteiger partial charge in [0.05, 0.1) is 12.1 Å². The van der Waals surface area contributed by atoms with Crippen LogP contribution in [0.2, 0.25) is 0 Å². The van der Waals surface area contributed by atoms with E-state index in [4.69, 9.17) is 0 Å². The van der Waals surface area contributed by atoms with Crippen LogP contribution in [0.15, 0.2) is 53.5 Å². The van der Waals surface area contributed by atoms with Crippen LogP contribution in [0.25, 0.3) is 16.7 Å². The Kier molecular flexibility index (Phi) is 4.71. The highest BCUT2D eigenvalue weighted by Crippen LogP contribution is 2.18. The largest absolute Gasteiger partial charge is 0.300 e. The van der Waals surface area contributed by atoms with Gasteiger partial charge in [0, 0.05) is 32.9 Å². The number of rotatable bonds is 6. The minimum absolute atomic E-state index is 0.0727. The van der Waals surface area contributed by atoms with Gasteiger partial charge in [-0.15, -0.1) is 0 Å². The minimum Gasteiger partial charge on any atom is -0.300 e. The summed E-state index contributed by atoms with van der Waals surface area (Å²) in [4.78, 5) is 12.0. The average molecular weight is 361 g/mol. The van der Waals surface area contributed by atoms with E-state index in [9.17, 15) is 13.2 Å². The second kappa shape index (κ2) is 6.79. The summed E-state index contributed by atoms with van der Waals surface area (Å²) in [5, 5.41) is 5.42. The molecule has 0 aliphatic rings. The summed E-state index contributed by atoms with van der Waals surface area (Å²) in [5.41, 5.74) is 0.692. The van der Waals surface area contributed by atoms with E-state index in [-0.39, 0.29) is 18.6 Å². The molecule has 0 spiro atoms. The number of nitrogens with zero attached hydrogens (tertiary/aromatic N) is 4. The van der Waals surface area contributed by atoms with Crippen LogP contribution in [-0.2, 0) is 16.8 Å². The van der Waals surface area contributed by atoms with Gasteiger partial charge in [-0.3, -0.25) is 9.36 Å². The third kappa shape index (κ3) is 3.63. The number of aromatic nitrogens is 3. The van der Waals surface area contributed by atoms with E-state index in [0.717, 1.165) is 15.2 Å². The first-order chi connectivity index (χ1) is 11.9. The molecule has 8 nitrogen and oxygen atoms in total. The lowest BCUT2D eigenvalue weighted by molar-refractivity contribution is 0.493. The number of fused-ring (bicyclic) bond motifs is 1. The second-order valence-corrected chi connectivity index (χ2v) is 7.65. The van der Waals surface area contributed by atoms with Crippen molar-refractivity contribution in [2.24, 2.45) is 0 Å². The average Bonchev–Trinajstić information content (AvgIpc) is 3.00.